The minimum absolute atomic E-state index is 0.283. The van der Waals surface area contributed by atoms with Gasteiger partial charge in [0.15, 0.2) is 5.41 Å². The van der Waals surface area contributed by atoms with Crippen molar-refractivity contribution in [2.75, 3.05) is 33.5 Å². The molecule has 0 heterocycles. The first kappa shape index (κ1) is 15.9. The largest absolute Gasteiger partial charge is 0.465 e. The molecule has 0 amide bonds. The van der Waals surface area contributed by atoms with Gasteiger partial charge >= 0.3 is 5.97 Å². The van der Waals surface area contributed by atoms with Crippen LogP contribution in [0.5, 0.6) is 0 Å². The van der Waals surface area contributed by atoms with Gasteiger partial charge in [0, 0.05) is 26.9 Å². The van der Waals surface area contributed by atoms with Crippen molar-refractivity contribution in [1.82, 2.24) is 0 Å². The average molecular weight is 243 g/mol. The van der Waals surface area contributed by atoms with Gasteiger partial charge in [-0.05, 0) is 26.7 Å². The van der Waals surface area contributed by atoms with Gasteiger partial charge in [-0.2, -0.15) is 5.26 Å². The lowest BCUT2D eigenvalue weighted by Crippen LogP contribution is -2.30. The first-order valence-corrected chi connectivity index (χ1v) is 5.76. The normalized spacial score (nSPS) is 13.8. The summed E-state index contributed by atoms with van der Waals surface area (Å²) in [5, 5.41) is 9.00. The van der Waals surface area contributed by atoms with Gasteiger partial charge in [0.2, 0.25) is 0 Å². The van der Waals surface area contributed by atoms with E-state index in [2.05, 4.69) is 0 Å². The van der Waals surface area contributed by atoms with Crippen LogP contribution in [0.2, 0.25) is 0 Å². The minimum Gasteiger partial charge on any atom is -0.465 e. The number of nitriles is 1. The summed E-state index contributed by atoms with van der Waals surface area (Å²) >= 11 is 0. The molecule has 0 saturated heterocycles. The van der Waals surface area contributed by atoms with E-state index in [1.807, 2.05) is 6.07 Å². The Kier molecular flexibility index (Phi) is 8.38. The molecule has 5 heteroatoms. The van der Waals surface area contributed by atoms with E-state index < -0.39 is 11.4 Å². The summed E-state index contributed by atoms with van der Waals surface area (Å²) in [4.78, 5) is 11.5. The van der Waals surface area contributed by atoms with Gasteiger partial charge in [0.25, 0.3) is 0 Å². The van der Waals surface area contributed by atoms with E-state index >= 15 is 0 Å². The number of methoxy groups -OCH3 is 1. The quantitative estimate of drug-likeness (QED) is 0.453. The Morgan fingerprint density at radius 1 is 1.35 bits per heavy atom. The van der Waals surface area contributed by atoms with Crippen molar-refractivity contribution >= 4 is 5.97 Å². The number of carbonyl (C=O) groups is 1. The zero-order chi connectivity index (χ0) is 13.1. The van der Waals surface area contributed by atoms with Crippen molar-refractivity contribution in [3.05, 3.63) is 0 Å². The second-order valence-electron chi connectivity index (χ2n) is 3.87. The molecule has 0 rings (SSSR count). The Hall–Kier alpha value is -1.12. The lowest BCUT2D eigenvalue weighted by molar-refractivity contribution is -0.152. The number of rotatable bonds is 9. The van der Waals surface area contributed by atoms with Gasteiger partial charge < -0.3 is 14.2 Å². The molecule has 0 saturated carbocycles. The first-order chi connectivity index (χ1) is 8.10. The van der Waals surface area contributed by atoms with E-state index in [0.717, 1.165) is 6.42 Å². The molecule has 1 unspecified atom stereocenters. The number of hydrogen-bond donors (Lipinski definition) is 0. The van der Waals surface area contributed by atoms with Crippen LogP contribution >= 0.6 is 0 Å². The van der Waals surface area contributed by atoms with Crippen LogP contribution in [0.4, 0.5) is 0 Å². The van der Waals surface area contributed by atoms with Gasteiger partial charge in [0.1, 0.15) is 0 Å². The summed E-state index contributed by atoms with van der Waals surface area (Å²) in [6.45, 7) is 5.16. The highest BCUT2D eigenvalue weighted by atomic mass is 16.5. The average Bonchev–Trinajstić information content (AvgIpc) is 2.33. The van der Waals surface area contributed by atoms with Crippen LogP contribution < -0.4 is 0 Å². The van der Waals surface area contributed by atoms with Gasteiger partial charge in [-0.15, -0.1) is 0 Å². The summed E-state index contributed by atoms with van der Waals surface area (Å²) < 4.78 is 15.1. The van der Waals surface area contributed by atoms with Crippen LogP contribution in [0.15, 0.2) is 0 Å². The first-order valence-electron chi connectivity index (χ1n) is 5.76. The molecule has 0 aromatic rings. The van der Waals surface area contributed by atoms with E-state index in [0.29, 0.717) is 26.2 Å². The number of hydrogen-bond acceptors (Lipinski definition) is 5. The summed E-state index contributed by atoms with van der Waals surface area (Å²) in [5.74, 6) is -0.483. The second-order valence-corrected chi connectivity index (χ2v) is 3.87. The molecule has 0 bridgehead atoms. The Labute approximate surface area is 103 Å². The smallest absolute Gasteiger partial charge is 0.326 e. The van der Waals surface area contributed by atoms with Crippen LogP contribution in [0.25, 0.3) is 0 Å². The molecule has 98 valence electrons. The number of nitrogens with zero attached hydrogens (tertiary/aromatic N) is 1. The van der Waals surface area contributed by atoms with Crippen molar-refractivity contribution < 1.29 is 19.0 Å². The third kappa shape index (κ3) is 6.25. The fraction of sp³-hybridized carbons (Fsp3) is 0.833. The molecule has 5 nitrogen and oxygen atoms in total. The van der Waals surface area contributed by atoms with Crippen molar-refractivity contribution in [2.24, 2.45) is 5.41 Å². The molecule has 1 atom stereocenters. The van der Waals surface area contributed by atoms with Gasteiger partial charge in [0.05, 0.1) is 12.7 Å². The maximum atomic E-state index is 11.5. The predicted octanol–water partition coefficient (Wildman–Crippen LogP) is 1.52. The molecule has 0 aliphatic rings. The van der Waals surface area contributed by atoms with Crippen molar-refractivity contribution in [1.29, 1.82) is 5.26 Å². The third-order valence-electron chi connectivity index (χ3n) is 2.36. The van der Waals surface area contributed by atoms with Crippen molar-refractivity contribution in [3.8, 4) is 6.07 Å². The maximum Gasteiger partial charge on any atom is 0.326 e. The standard InChI is InChI=1S/C12H21NO4/c1-4-17-11(14)12(2,10-13)6-9-16-8-5-7-15-3/h4-9H2,1-3H3. The lowest BCUT2D eigenvalue weighted by Gasteiger charge is -2.19. The number of carbonyl (C=O) groups excluding carboxylic acids is 1. The second kappa shape index (κ2) is 8.97. The Morgan fingerprint density at radius 2 is 2.06 bits per heavy atom. The monoisotopic (exact) mass is 243 g/mol. The van der Waals surface area contributed by atoms with Gasteiger partial charge in [-0.25, -0.2) is 0 Å². The molecule has 0 aliphatic heterocycles. The summed E-state index contributed by atoms with van der Waals surface area (Å²) in [6, 6.07) is 1.99. The van der Waals surface area contributed by atoms with Crippen LogP contribution in [0.3, 0.4) is 0 Å². The highest BCUT2D eigenvalue weighted by Gasteiger charge is 2.34. The number of esters is 1. The lowest BCUT2D eigenvalue weighted by atomic mass is 9.89. The molecular weight excluding hydrogens is 222 g/mol. The topological polar surface area (TPSA) is 68.6 Å². The van der Waals surface area contributed by atoms with Crippen LogP contribution in [0, 0.1) is 16.7 Å². The fourth-order valence-corrected chi connectivity index (χ4v) is 1.18. The highest BCUT2D eigenvalue weighted by molar-refractivity contribution is 5.79. The van der Waals surface area contributed by atoms with E-state index in [-0.39, 0.29) is 6.61 Å². The van der Waals surface area contributed by atoms with E-state index in [4.69, 9.17) is 19.5 Å². The van der Waals surface area contributed by atoms with Gasteiger partial charge in [-0.1, -0.05) is 0 Å². The Bertz CT molecular complexity index is 262. The van der Waals surface area contributed by atoms with Crippen LogP contribution in [-0.2, 0) is 19.0 Å². The molecule has 0 aliphatic carbocycles. The summed E-state index contributed by atoms with van der Waals surface area (Å²) in [6.07, 6.45) is 1.15. The van der Waals surface area contributed by atoms with E-state index in [1.54, 1.807) is 21.0 Å². The molecule has 0 radical (unpaired) electrons. The predicted molar refractivity (Wildman–Crippen MR) is 62.3 cm³/mol. The molecular formula is C12H21NO4. The molecule has 0 aromatic heterocycles. The molecule has 0 N–H and O–H groups in total. The van der Waals surface area contributed by atoms with Crippen molar-refractivity contribution in [2.45, 2.75) is 26.7 Å². The SMILES string of the molecule is CCOC(=O)C(C)(C#N)CCOCCCOC. The zero-order valence-electron chi connectivity index (χ0n) is 10.8. The van der Waals surface area contributed by atoms with Crippen LogP contribution in [0.1, 0.15) is 26.7 Å². The Morgan fingerprint density at radius 3 is 2.59 bits per heavy atom. The van der Waals surface area contributed by atoms with E-state index in [1.165, 1.54) is 0 Å². The fourth-order valence-electron chi connectivity index (χ4n) is 1.18. The highest BCUT2D eigenvalue weighted by Crippen LogP contribution is 2.22. The van der Waals surface area contributed by atoms with Crippen LogP contribution in [-0.4, -0.2) is 39.5 Å². The minimum atomic E-state index is -1.11. The Balaban J connectivity index is 3.89. The molecule has 17 heavy (non-hydrogen) atoms. The van der Waals surface area contributed by atoms with Gasteiger partial charge in [-0.3, -0.25) is 4.79 Å². The molecule has 0 spiro atoms. The summed E-state index contributed by atoms with van der Waals surface area (Å²) in [5.41, 5.74) is -1.11. The van der Waals surface area contributed by atoms with Crippen molar-refractivity contribution in [3.63, 3.8) is 0 Å². The maximum absolute atomic E-state index is 11.5. The number of ether oxygens (including phenoxy) is 3. The third-order valence-corrected chi connectivity index (χ3v) is 2.36. The van der Waals surface area contributed by atoms with E-state index in [9.17, 15) is 4.79 Å². The summed E-state index contributed by atoms with van der Waals surface area (Å²) in [7, 11) is 1.63. The molecule has 0 aromatic carbocycles. The molecule has 0 fully saturated rings. The zero-order valence-corrected chi connectivity index (χ0v) is 10.8.